The molecule has 0 radical (unpaired) electrons. The molecule has 2 unspecified atom stereocenters. The van der Waals surface area contributed by atoms with E-state index >= 15 is 0 Å². The number of fused-ring (bicyclic) bond motifs is 1. The Morgan fingerprint density at radius 1 is 1.12 bits per heavy atom. The number of aryl methyl sites for hydroxylation is 1. The highest BCUT2D eigenvalue weighted by molar-refractivity contribution is 5.94. The zero-order valence-corrected chi connectivity index (χ0v) is 18.0. The predicted octanol–water partition coefficient (Wildman–Crippen LogP) is 2.39. The summed E-state index contributed by atoms with van der Waals surface area (Å²) >= 11 is 0. The van der Waals surface area contributed by atoms with Gasteiger partial charge in [0.05, 0.1) is 29.1 Å². The molecule has 0 spiro atoms. The Bertz CT molecular complexity index is 1260. The molecule has 0 aromatic carbocycles. The molecule has 1 aliphatic rings. The Hall–Kier alpha value is -3.72. The number of rotatable bonds is 4. The summed E-state index contributed by atoms with van der Waals surface area (Å²) in [5.74, 6) is -0.0672. The fraction of sp³-hybridized carbons (Fsp3) is 0.304. The summed E-state index contributed by atoms with van der Waals surface area (Å²) in [7, 11) is 3.93. The third kappa shape index (κ3) is 4.06. The normalized spacial score (nSPS) is 19.2. The minimum absolute atomic E-state index is 0.0672. The second-order valence-electron chi connectivity index (χ2n) is 8.20. The first-order valence-electron chi connectivity index (χ1n) is 10.6. The van der Waals surface area contributed by atoms with Crippen LogP contribution in [0.4, 0.5) is 0 Å². The highest BCUT2D eigenvalue weighted by Gasteiger charge is 2.29. The average molecular weight is 429 g/mol. The van der Waals surface area contributed by atoms with E-state index in [1.807, 2.05) is 37.6 Å². The van der Waals surface area contributed by atoms with Gasteiger partial charge in [0.25, 0.3) is 5.91 Å². The van der Waals surface area contributed by atoms with Crippen molar-refractivity contribution < 1.29 is 4.79 Å². The van der Waals surface area contributed by atoms with Crippen molar-refractivity contribution in [2.24, 2.45) is 7.05 Å². The molecule has 0 bridgehead atoms. The third-order valence-electron chi connectivity index (χ3n) is 5.95. The van der Waals surface area contributed by atoms with Gasteiger partial charge in [-0.15, -0.1) is 5.10 Å². The maximum absolute atomic E-state index is 12.6. The molecular weight excluding hydrogens is 404 g/mol. The van der Waals surface area contributed by atoms with Gasteiger partial charge in [-0.2, -0.15) is 0 Å². The number of nitrogens with zero attached hydrogens (tertiary/aromatic N) is 7. The molecule has 1 fully saturated rings. The Morgan fingerprint density at radius 3 is 2.75 bits per heavy atom. The molecule has 9 heteroatoms. The second kappa shape index (κ2) is 8.43. The number of hydrogen-bond acceptors (Lipinski definition) is 7. The zero-order valence-electron chi connectivity index (χ0n) is 18.0. The molecule has 1 N–H and O–H groups in total. The molecule has 4 aromatic heterocycles. The molecule has 1 aliphatic heterocycles. The lowest BCUT2D eigenvalue weighted by Crippen LogP contribution is -2.45. The number of pyridine rings is 3. The van der Waals surface area contributed by atoms with Crippen LogP contribution in [0.1, 0.15) is 34.9 Å². The lowest BCUT2D eigenvalue weighted by atomic mass is 9.94. The van der Waals surface area contributed by atoms with E-state index in [4.69, 9.17) is 9.97 Å². The van der Waals surface area contributed by atoms with Gasteiger partial charge in [0.1, 0.15) is 5.69 Å². The molecule has 1 amide bonds. The lowest BCUT2D eigenvalue weighted by molar-refractivity contribution is 0.0886. The Labute approximate surface area is 185 Å². The van der Waals surface area contributed by atoms with Crippen molar-refractivity contribution in [1.29, 1.82) is 0 Å². The van der Waals surface area contributed by atoms with Crippen LogP contribution in [0.2, 0.25) is 0 Å². The first-order chi connectivity index (χ1) is 15.6. The summed E-state index contributed by atoms with van der Waals surface area (Å²) in [5, 5.41) is 12.3. The van der Waals surface area contributed by atoms with E-state index in [2.05, 4.69) is 32.6 Å². The van der Waals surface area contributed by atoms with Crippen molar-refractivity contribution in [3.8, 4) is 11.4 Å². The molecule has 9 nitrogen and oxygen atoms in total. The fourth-order valence-electron chi connectivity index (χ4n) is 4.15. The van der Waals surface area contributed by atoms with Crippen LogP contribution < -0.4 is 5.32 Å². The topological polar surface area (TPSA) is 102 Å². The van der Waals surface area contributed by atoms with Crippen molar-refractivity contribution in [2.75, 3.05) is 13.6 Å². The molecule has 2 atom stereocenters. The Kier molecular flexibility index (Phi) is 5.32. The monoisotopic (exact) mass is 428 g/mol. The molecule has 162 valence electrons. The van der Waals surface area contributed by atoms with Gasteiger partial charge in [0.15, 0.2) is 0 Å². The van der Waals surface area contributed by atoms with E-state index in [1.165, 1.54) is 0 Å². The number of likely N-dealkylation sites (tertiary alicyclic amines) is 1. The van der Waals surface area contributed by atoms with Crippen LogP contribution >= 0.6 is 0 Å². The first-order valence-corrected chi connectivity index (χ1v) is 10.6. The van der Waals surface area contributed by atoms with Crippen LogP contribution in [0.25, 0.3) is 22.3 Å². The smallest absolute Gasteiger partial charge is 0.251 e. The van der Waals surface area contributed by atoms with Gasteiger partial charge in [-0.05, 0) is 50.2 Å². The van der Waals surface area contributed by atoms with Crippen molar-refractivity contribution in [3.05, 3.63) is 66.4 Å². The minimum Gasteiger partial charge on any atom is -0.349 e. The Balaban J connectivity index is 1.38. The van der Waals surface area contributed by atoms with Crippen molar-refractivity contribution in [3.63, 3.8) is 0 Å². The summed E-state index contributed by atoms with van der Waals surface area (Å²) in [6, 6.07) is 9.62. The number of aromatic nitrogens is 6. The van der Waals surface area contributed by atoms with Gasteiger partial charge in [0.2, 0.25) is 0 Å². The number of carbonyl (C=O) groups is 1. The number of nitrogens with one attached hydrogen (secondary N) is 1. The molecule has 0 aliphatic carbocycles. The lowest BCUT2D eigenvalue weighted by Gasteiger charge is -2.37. The largest absolute Gasteiger partial charge is 0.349 e. The predicted molar refractivity (Wildman–Crippen MR) is 120 cm³/mol. The molecule has 5 rings (SSSR count). The van der Waals surface area contributed by atoms with Gasteiger partial charge in [-0.3, -0.25) is 24.3 Å². The first kappa shape index (κ1) is 20.2. The molecule has 0 saturated carbocycles. The third-order valence-corrected chi connectivity index (χ3v) is 5.95. The van der Waals surface area contributed by atoms with Gasteiger partial charge in [-0.25, -0.2) is 4.98 Å². The molecule has 1 saturated heterocycles. The van der Waals surface area contributed by atoms with Crippen molar-refractivity contribution >= 4 is 16.8 Å². The second-order valence-corrected chi connectivity index (χ2v) is 8.20. The molecule has 32 heavy (non-hydrogen) atoms. The molecule has 5 heterocycles. The fourth-order valence-corrected chi connectivity index (χ4v) is 4.15. The maximum atomic E-state index is 12.6. The number of amides is 1. The van der Waals surface area contributed by atoms with Crippen LogP contribution in [0.3, 0.4) is 0 Å². The SMILES string of the molecule is CN1CCC(NC(=O)c2ccncc2)CC1c1cc2nc(-c3cn(C)nn3)ccc2cn1. The molecular formula is C23H24N8O. The van der Waals surface area contributed by atoms with Crippen LogP contribution in [-0.4, -0.2) is 60.4 Å². The summed E-state index contributed by atoms with van der Waals surface area (Å²) in [6.07, 6.45) is 8.66. The van der Waals surface area contributed by atoms with Gasteiger partial charge < -0.3 is 5.32 Å². The van der Waals surface area contributed by atoms with E-state index in [9.17, 15) is 4.79 Å². The average Bonchev–Trinajstić information content (AvgIpc) is 3.26. The van der Waals surface area contributed by atoms with E-state index in [0.29, 0.717) is 5.56 Å². The summed E-state index contributed by atoms with van der Waals surface area (Å²) < 4.78 is 1.66. The van der Waals surface area contributed by atoms with Crippen molar-refractivity contribution in [2.45, 2.75) is 24.9 Å². The Morgan fingerprint density at radius 2 is 1.97 bits per heavy atom. The van der Waals surface area contributed by atoms with Gasteiger partial charge in [0, 0.05) is 49.2 Å². The highest BCUT2D eigenvalue weighted by atomic mass is 16.1. The van der Waals surface area contributed by atoms with Crippen molar-refractivity contribution in [1.82, 2.24) is 40.2 Å². The van der Waals surface area contributed by atoms with E-state index in [0.717, 1.165) is 47.4 Å². The van der Waals surface area contributed by atoms with Gasteiger partial charge in [-0.1, -0.05) is 5.21 Å². The van der Waals surface area contributed by atoms with E-state index < -0.39 is 0 Å². The standard InChI is InChI=1S/C23H24N8O/c1-30-10-7-17(26-23(32)15-5-8-24-9-6-15)11-22(30)20-12-19-16(13-25-20)3-4-18(27-19)21-14-31(2)29-28-21/h3-6,8-9,12-14,17,22H,7,10-11H2,1-2H3,(H,26,32). The summed E-state index contributed by atoms with van der Waals surface area (Å²) in [6.45, 7) is 0.874. The van der Waals surface area contributed by atoms with Crippen LogP contribution in [-0.2, 0) is 7.05 Å². The van der Waals surface area contributed by atoms with Crippen LogP contribution in [0, 0.1) is 0 Å². The van der Waals surface area contributed by atoms with Crippen LogP contribution in [0.15, 0.2) is 55.1 Å². The molecule has 4 aromatic rings. The zero-order chi connectivity index (χ0) is 22.1. The van der Waals surface area contributed by atoms with E-state index in [-0.39, 0.29) is 18.0 Å². The number of hydrogen-bond donors (Lipinski definition) is 1. The minimum atomic E-state index is -0.0672. The highest BCUT2D eigenvalue weighted by Crippen LogP contribution is 2.30. The van der Waals surface area contributed by atoms with E-state index in [1.54, 1.807) is 29.2 Å². The number of carbonyl (C=O) groups excluding carboxylic acids is 1. The summed E-state index contributed by atoms with van der Waals surface area (Å²) in [5.41, 5.74) is 3.96. The quantitative estimate of drug-likeness (QED) is 0.532. The summed E-state index contributed by atoms with van der Waals surface area (Å²) in [4.78, 5) is 28.4. The number of piperidine rings is 1. The van der Waals surface area contributed by atoms with Gasteiger partial charge >= 0.3 is 0 Å². The maximum Gasteiger partial charge on any atom is 0.251 e. The van der Waals surface area contributed by atoms with Crippen LogP contribution in [0.5, 0.6) is 0 Å².